The predicted octanol–water partition coefficient (Wildman–Crippen LogP) is 4.18. The smallest absolute Gasteiger partial charge is 0.148 e. The van der Waals surface area contributed by atoms with Crippen molar-refractivity contribution in [3.63, 3.8) is 0 Å². The Bertz CT molecular complexity index is 450. The van der Waals surface area contributed by atoms with E-state index >= 15 is 0 Å². The lowest BCUT2D eigenvalue weighted by molar-refractivity contribution is 0.257. The molecule has 2 rings (SSSR count). The number of nitrogens with zero attached hydrogens (tertiary/aromatic N) is 3. The van der Waals surface area contributed by atoms with Gasteiger partial charge in [-0.2, -0.15) is 5.26 Å². The fourth-order valence-corrected chi connectivity index (χ4v) is 3.27. The first-order chi connectivity index (χ1) is 9.74. The molecule has 0 aromatic carbocycles. The van der Waals surface area contributed by atoms with Gasteiger partial charge in [-0.3, -0.25) is 0 Å². The zero-order valence-electron chi connectivity index (χ0n) is 12.7. The van der Waals surface area contributed by atoms with Gasteiger partial charge in [-0.25, -0.2) is 9.97 Å². The number of rotatable bonds is 5. The average molecular weight is 271 g/mol. The summed E-state index contributed by atoms with van der Waals surface area (Å²) in [5.74, 6) is 1.54. The van der Waals surface area contributed by atoms with Crippen molar-refractivity contribution in [1.29, 1.82) is 5.26 Å². The zero-order chi connectivity index (χ0) is 14.4. The van der Waals surface area contributed by atoms with Gasteiger partial charge in [-0.05, 0) is 43.6 Å². The molecule has 1 aromatic rings. The Morgan fingerprint density at radius 1 is 1.20 bits per heavy atom. The number of hydrogen-bond acceptors (Lipinski definition) is 3. The summed E-state index contributed by atoms with van der Waals surface area (Å²) >= 11 is 0. The number of nitriles is 1. The second-order valence-corrected chi connectivity index (χ2v) is 6.09. The largest absolute Gasteiger partial charge is 0.239 e. The van der Waals surface area contributed by atoms with Crippen molar-refractivity contribution < 1.29 is 0 Å². The van der Waals surface area contributed by atoms with Gasteiger partial charge in [0, 0.05) is 12.4 Å². The van der Waals surface area contributed by atoms with Gasteiger partial charge in [0.1, 0.15) is 11.2 Å². The van der Waals surface area contributed by atoms with Crippen LogP contribution in [0.1, 0.15) is 70.2 Å². The third kappa shape index (κ3) is 3.17. The molecule has 0 spiro atoms. The summed E-state index contributed by atoms with van der Waals surface area (Å²) in [4.78, 5) is 9.00. The summed E-state index contributed by atoms with van der Waals surface area (Å²) in [6.07, 6.45) is 12.6. The molecule has 108 valence electrons. The molecule has 0 amide bonds. The molecule has 0 atom stereocenters. The quantitative estimate of drug-likeness (QED) is 0.807. The van der Waals surface area contributed by atoms with E-state index in [4.69, 9.17) is 0 Å². The van der Waals surface area contributed by atoms with Crippen molar-refractivity contribution in [2.45, 2.75) is 70.6 Å². The normalized spacial score (nSPS) is 26.1. The lowest BCUT2D eigenvalue weighted by atomic mass is 9.70. The van der Waals surface area contributed by atoms with Crippen LogP contribution in [0.5, 0.6) is 0 Å². The molecule has 0 saturated heterocycles. The third-order valence-corrected chi connectivity index (χ3v) is 4.54. The van der Waals surface area contributed by atoms with E-state index in [0.29, 0.717) is 0 Å². The molecule has 1 fully saturated rings. The fraction of sp³-hybridized carbons (Fsp3) is 0.706. The molecule has 1 heterocycles. The summed E-state index contributed by atoms with van der Waals surface area (Å²) in [6, 6.07) is 2.52. The van der Waals surface area contributed by atoms with Crippen molar-refractivity contribution >= 4 is 0 Å². The van der Waals surface area contributed by atoms with Crippen molar-refractivity contribution in [1.82, 2.24) is 9.97 Å². The van der Waals surface area contributed by atoms with Crippen LogP contribution in [0.4, 0.5) is 0 Å². The maximum absolute atomic E-state index is 9.65. The second kappa shape index (κ2) is 6.83. The molecule has 20 heavy (non-hydrogen) atoms. The van der Waals surface area contributed by atoms with E-state index in [1.165, 1.54) is 18.4 Å². The van der Waals surface area contributed by atoms with Crippen molar-refractivity contribution in [3.05, 3.63) is 23.8 Å². The van der Waals surface area contributed by atoms with Gasteiger partial charge >= 0.3 is 0 Å². The van der Waals surface area contributed by atoms with Crippen LogP contribution in [0.15, 0.2) is 12.4 Å². The van der Waals surface area contributed by atoms with Gasteiger partial charge in [-0.1, -0.05) is 33.1 Å². The van der Waals surface area contributed by atoms with Crippen LogP contribution in [-0.2, 0) is 11.8 Å². The topological polar surface area (TPSA) is 49.6 Å². The minimum atomic E-state index is -0.436. The highest BCUT2D eigenvalue weighted by atomic mass is 14.9. The van der Waals surface area contributed by atoms with Crippen LogP contribution in [-0.4, -0.2) is 9.97 Å². The molecule has 0 aliphatic heterocycles. The molecule has 0 unspecified atom stereocenters. The molecule has 1 aliphatic rings. The van der Waals surface area contributed by atoms with E-state index in [1.807, 2.05) is 12.4 Å². The SMILES string of the molecule is CCCc1cnc([C@]2(C#N)CC[C@H](CCC)CC2)nc1. The van der Waals surface area contributed by atoms with E-state index in [1.54, 1.807) is 0 Å². The van der Waals surface area contributed by atoms with E-state index in [2.05, 4.69) is 29.9 Å². The molecule has 0 N–H and O–H groups in total. The molecular formula is C17H25N3. The van der Waals surface area contributed by atoms with Crippen molar-refractivity contribution in [2.24, 2.45) is 5.92 Å². The molecule has 3 nitrogen and oxygen atoms in total. The lowest BCUT2D eigenvalue weighted by Gasteiger charge is -2.33. The van der Waals surface area contributed by atoms with Gasteiger partial charge in [-0.15, -0.1) is 0 Å². The fourth-order valence-electron chi connectivity index (χ4n) is 3.27. The minimum Gasteiger partial charge on any atom is -0.239 e. The van der Waals surface area contributed by atoms with Crippen molar-refractivity contribution in [2.75, 3.05) is 0 Å². The van der Waals surface area contributed by atoms with E-state index in [9.17, 15) is 5.26 Å². The average Bonchev–Trinajstić information content (AvgIpc) is 2.50. The first-order valence-electron chi connectivity index (χ1n) is 7.96. The Kier molecular flexibility index (Phi) is 5.11. The van der Waals surface area contributed by atoms with Gasteiger partial charge in [0.15, 0.2) is 0 Å². The monoisotopic (exact) mass is 271 g/mol. The van der Waals surface area contributed by atoms with Crippen LogP contribution in [0.2, 0.25) is 0 Å². The summed E-state index contributed by atoms with van der Waals surface area (Å²) in [6.45, 7) is 4.39. The Morgan fingerprint density at radius 3 is 2.35 bits per heavy atom. The first-order valence-corrected chi connectivity index (χ1v) is 7.96. The maximum atomic E-state index is 9.65. The summed E-state index contributed by atoms with van der Waals surface area (Å²) in [5, 5.41) is 9.65. The first kappa shape index (κ1) is 15.0. The van der Waals surface area contributed by atoms with Crippen LogP contribution >= 0.6 is 0 Å². The highest BCUT2D eigenvalue weighted by Gasteiger charge is 2.39. The summed E-state index contributed by atoms with van der Waals surface area (Å²) < 4.78 is 0. The van der Waals surface area contributed by atoms with Crippen LogP contribution < -0.4 is 0 Å². The maximum Gasteiger partial charge on any atom is 0.148 e. The number of aryl methyl sites for hydroxylation is 1. The Morgan fingerprint density at radius 2 is 1.85 bits per heavy atom. The van der Waals surface area contributed by atoms with Gasteiger partial charge in [0.05, 0.1) is 6.07 Å². The number of aromatic nitrogens is 2. The highest BCUT2D eigenvalue weighted by Crippen LogP contribution is 2.40. The van der Waals surface area contributed by atoms with Crippen LogP contribution in [0.25, 0.3) is 0 Å². The Labute approximate surface area is 122 Å². The summed E-state index contributed by atoms with van der Waals surface area (Å²) in [5.41, 5.74) is 0.735. The highest BCUT2D eigenvalue weighted by molar-refractivity contribution is 5.22. The second-order valence-electron chi connectivity index (χ2n) is 6.09. The Balaban J connectivity index is 2.10. The Hall–Kier alpha value is -1.43. The van der Waals surface area contributed by atoms with E-state index < -0.39 is 5.41 Å². The van der Waals surface area contributed by atoms with Gasteiger partial charge < -0.3 is 0 Å². The number of hydrogen-bond donors (Lipinski definition) is 0. The summed E-state index contributed by atoms with van der Waals surface area (Å²) in [7, 11) is 0. The molecule has 0 radical (unpaired) electrons. The van der Waals surface area contributed by atoms with Crippen LogP contribution in [0, 0.1) is 17.2 Å². The lowest BCUT2D eigenvalue weighted by Crippen LogP contribution is -2.32. The van der Waals surface area contributed by atoms with Crippen molar-refractivity contribution in [3.8, 4) is 6.07 Å². The molecule has 1 saturated carbocycles. The van der Waals surface area contributed by atoms with Gasteiger partial charge in [0.25, 0.3) is 0 Å². The standard InChI is InChI=1S/C17H25N3/c1-3-5-14-7-9-17(13-18,10-8-14)16-19-11-15(6-4-2)12-20-16/h11-12,14H,3-10H2,1-2H3/t14-,17+. The molecule has 3 heteroatoms. The molecule has 1 aliphatic carbocycles. The van der Waals surface area contributed by atoms with Crippen LogP contribution in [0.3, 0.4) is 0 Å². The predicted molar refractivity (Wildman–Crippen MR) is 80.2 cm³/mol. The minimum absolute atomic E-state index is 0.436. The van der Waals surface area contributed by atoms with Gasteiger partial charge in [0.2, 0.25) is 0 Å². The molecule has 0 bridgehead atoms. The zero-order valence-corrected chi connectivity index (χ0v) is 12.7. The van der Waals surface area contributed by atoms with E-state index in [0.717, 1.165) is 50.3 Å². The third-order valence-electron chi connectivity index (χ3n) is 4.54. The molecular weight excluding hydrogens is 246 g/mol. The van der Waals surface area contributed by atoms with E-state index in [-0.39, 0.29) is 0 Å². The molecule has 1 aromatic heterocycles.